The molecule has 0 saturated carbocycles. The Kier molecular flexibility index (Phi) is 4.14. The van der Waals surface area contributed by atoms with Gasteiger partial charge in [-0.25, -0.2) is 0 Å². The number of rotatable bonds is 5. The Bertz CT molecular complexity index is 279. The van der Waals surface area contributed by atoms with E-state index in [0.29, 0.717) is 5.92 Å². The van der Waals surface area contributed by atoms with Crippen molar-refractivity contribution in [2.45, 2.75) is 40.2 Å². The number of aromatic nitrogens is 2. The molecule has 0 aliphatic heterocycles. The quantitative estimate of drug-likeness (QED) is 0.676. The summed E-state index contributed by atoms with van der Waals surface area (Å²) in [6.45, 7) is 10.8. The highest BCUT2D eigenvalue weighted by atomic mass is 16.5. The van der Waals surface area contributed by atoms with Gasteiger partial charge in [0.15, 0.2) is 0 Å². The van der Waals surface area contributed by atoms with E-state index in [2.05, 4.69) is 31.9 Å². The summed E-state index contributed by atoms with van der Waals surface area (Å²) in [5.74, 6) is 0.502. The topological polar surface area (TPSA) is 27.1 Å². The van der Waals surface area contributed by atoms with Crippen molar-refractivity contribution in [3.63, 3.8) is 0 Å². The summed E-state index contributed by atoms with van der Waals surface area (Å²) in [5.41, 5.74) is 2.38. The van der Waals surface area contributed by atoms with Crippen LogP contribution in [0.5, 0.6) is 0 Å². The summed E-state index contributed by atoms with van der Waals surface area (Å²) < 4.78 is 7.32. The number of nitrogens with zero attached hydrogens (tertiary/aromatic N) is 2. The monoisotopic (exact) mass is 196 g/mol. The van der Waals surface area contributed by atoms with Gasteiger partial charge in [0.1, 0.15) is 0 Å². The summed E-state index contributed by atoms with van der Waals surface area (Å²) >= 11 is 0. The van der Waals surface area contributed by atoms with Crippen LogP contribution >= 0.6 is 0 Å². The van der Waals surface area contributed by atoms with E-state index in [-0.39, 0.29) is 0 Å². The van der Waals surface area contributed by atoms with E-state index in [1.807, 2.05) is 11.6 Å². The lowest BCUT2D eigenvalue weighted by molar-refractivity contribution is 0.135. The largest absolute Gasteiger partial charge is 0.380 e. The minimum atomic E-state index is 0.502. The normalized spacial score (nSPS) is 11.2. The number of hydrogen-bond donors (Lipinski definition) is 0. The van der Waals surface area contributed by atoms with Crippen molar-refractivity contribution in [3.05, 3.63) is 17.5 Å². The van der Waals surface area contributed by atoms with Crippen LogP contribution in [0.4, 0.5) is 0 Å². The predicted octanol–water partition coefficient (Wildman–Crippen LogP) is 2.35. The molecule has 3 heteroatoms. The fraction of sp³-hybridized carbons (Fsp3) is 0.727. The molecule has 0 saturated heterocycles. The van der Waals surface area contributed by atoms with E-state index in [9.17, 15) is 0 Å². The van der Waals surface area contributed by atoms with Gasteiger partial charge >= 0.3 is 0 Å². The van der Waals surface area contributed by atoms with Gasteiger partial charge in [-0.3, -0.25) is 4.68 Å². The maximum atomic E-state index is 5.30. The van der Waals surface area contributed by atoms with Crippen molar-refractivity contribution in [2.24, 2.45) is 0 Å². The van der Waals surface area contributed by atoms with Gasteiger partial charge in [0.2, 0.25) is 0 Å². The van der Waals surface area contributed by atoms with Crippen molar-refractivity contribution >= 4 is 0 Å². The average Bonchev–Trinajstić information content (AvgIpc) is 2.49. The van der Waals surface area contributed by atoms with Crippen molar-refractivity contribution in [1.82, 2.24) is 9.78 Å². The molecular formula is C11H20N2O. The van der Waals surface area contributed by atoms with Crippen molar-refractivity contribution in [3.8, 4) is 0 Å². The maximum absolute atomic E-state index is 5.30. The Morgan fingerprint density at radius 2 is 2.21 bits per heavy atom. The molecule has 0 unspecified atom stereocenters. The zero-order chi connectivity index (χ0) is 10.6. The van der Waals surface area contributed by atoms with Crippen LogP contribution in [0.25, 0.3) is 0 Å². The number of hydrogen-bond acceptors (Lipinski definition) is 2. The first-order valence-electron chi connectivity index (χ1n) is 5.27. The zero-order valence-corrected chi connectivity index (χ0v) is 9.58. The van der Waals surface area contributed by atoms with Gasteiger partial charge in [-0.15, -0.1) is 0 Å². The maximum Gasteiger partial charge on any atom is 0.0662 e. The Morgan fingerprint density at radius 3 is 2.71 bits per heavy atom. The third-order valence-corrected chi connectivity index (χ3v) is 2.24. The predicted molar refractivity (Wildman–Crippen MR) is 57.5 cm³/mol. The third-order valence-electron chi connectivity index (χ3n) is 2.24. The molecule has 1 aromatic rings. The number of aryl methyl sites for hydroxylation is 1. The van der Waals surface area contributed by atoms with Crippen LogP contribution in [0.15, 0.2) is 6.07 Å². The molecule has 0 spiro atoms. The van der Waals surface area contributed by atoms with E-state index in [0.717, 1.165) is 19.8 Å². The van der Waals surface area contributed by atoms with Gasteiger partial charge < -0.3 is 4.74 Å². The van der Waals surface area contributed by atoms with Gasteiger partial charge in [-0.2, -0.15) is 5.10 Å². The van der Waals surface area contributed by atoms with E-state index in [4.69, 9.17) is 4.74 Å². The molecule has 0 atom stereocenters. The van der Waals surface area contributed by atoms with E-state index in [1.54, 1.807) is 0 Å². The SMILES string of the molecule is CCOCCn1nc(C(C)C)cc1C. The fourth-order valence-electron chi connectivity index (χ4n) is 1.34. The van der Waals surface area contributed by atoms with Crippen LogP contribution in [0.1, 0.15) is 38.1 Å². The number of ether oxygens (including phenoxy) is 1. The summed E-state index contributed by atoms with van der Waals surface area (Å²) in [6.07, 6.45) is 0. The molecule has 1 heterocycles. The molecule has 1 rings (SSSR count). The molecule has 1 aromatic heterocycles. The lowest BCUT2D eigenvalue weighted by Crippen LogP contribution is -2.09. The molecule has 3 nitrogen and oxygen atoms in total. The minimum absolute atomic E-state index is 0.502. The fourth-order valence-corrected chi connectivity index (χ4v) is 1.34. The molecule has 0 aliphatic rings. The van der Waals surface area contributed by atoms with Crippen molar-refractivity contribution < 1.29 is 4.74 Å². The Balaban J connectivity index is 2.58. The molecule has 0 aliphatic carbocycles. The molecule has 0 amide bonds. The van der Waals surface area contributed by atoms with Gasteiger partial charge in [-0.05, 0) is 25.8 Å². The van der Waals surface area contributed by atoms with Crippen LogP contribution in [0.3, 0.4) is 0 Å². The van der Waals surface area contributed by atoms with Crippen molar-refractivity contribution in [1.29, 1.82) is 0 Å². The Hall–Kier alpha value is -0.830. The lowest BCUT2D eigenvalue weighted by Gasteiger charge is -2.04. The van der Waals surface area contributed by atoms with Crippen LogP contribution in [0.2, 0.25) is 0 Å². The van der Waals surface area contributed by atoms with Gasteiger partial charge in [0, 0.05) is 12.3 Å². The van der Waals surface area contributed by atoms with Gasteiger partial charge in [0.05, 0.1) is 18.8 Å². The highest BCUT2D eigenvalue weighted by Crippen LogP contribution is 2.13. The molecule has 0 fully saturated rings. The van der Waals surface area contributed by atoms with Crippen LogP contribution in [-0.2, 0) is 11.3 Å². The van der Waals surface area contributed by atoms with E-state index in [1.165, 1.54) is 11.4 Å². The molecule has 0 radical (unpaired) electrons. The summed E-state index contributed by atoms with van der Waals surface area (Å²) in [6, 6.07) is 2.15. The van der Waals surface area contributed by atoms with Gasteiger partial charge in [0.25, 0.3) is 0 Å². The standard InChI is InChI=1S/C11H20N2O/c1-5-14-7-6-13-10(4)8-11(12-13)9(2)3/h8-9H,5-7H2,1-4H3. The smallest absolute Gasteiger partial charge is 0.0662 e. The van der Waals surface area contributed by atoms with Crippen molar-refractivity contribution in [2.75, 3.05) is 13.2 Å². The first-order valence-corrected chi connectivity index (χ1v) is 5.27. The van der Waals surface area contributed by atoms with Crippen LogP contribution in [0, 0.1) is 6.92 Å². The first kappa shape index (κ1) is 11.2. The molecule has 0 bridgehead atoms. The highest BCUT2D eigenvalue weighted by molar-refractivity contribution is 5.11. The van der Waals surface area contributed by atoms with Gasteiger partial charge in [-0.1, -0.05) is 13.8 Å². The summed E-state index contributed by atoms with van der Waals surface area (Å²) in [4.78, 5) is 0. The first-order chi connectivity index (χ1) is 6.65. The Morgan fingerprint density at radius 1 is 1.50 bits per heavy atom. The molecule has 14 heavy (non-hydrogen) atoms. The molecule has 80 valence electrons. The average molecular weight is 196 g/mol. The molecule has 0 aromatic carbocycles. The molecule has 0 N–H and O–H groups in total. The minimum Gasteiger partial charge on any atom is -0.380 e. The zero-order valence-electron chi connectivity index (χ0n) is 9.58. The Labute approximate surface area is 86.1 Å². The molecular weight excluding hydrogens is 176 g/mol. The van der Waals surface area contributed by atoms with E-state index < -0.39 is 0 Å². The summed E-state index contributed by atoms with van der Waals surface area (Å²) in [5, 5.41) is 4.52. The van der Waals surface area contributed by atoms with E-state index >= 15 is 0 Å². The van der Waals surface area contributed by atoms with Crippen LogP contribution in [-0.4, -0.2) is 23.0 Å². The highest BCUT2D eigenvalue weighted by Gasteiger charge is 2.06. The lowest BCUT2D eigenvalue weighted by atomic mass is 10.1. The summed E-state index contributed by atoms with van der Waals surface area (Å²) in [7, 11) is 0. The van der Waals surface area contributed by atoms with Crippen LogP contribution < -0.4 is 0 Å². The second-order valence-corrected chi connectivity index (χ2v) is 3.79. The second-order valence-electron chi connectivity index (χ2n) is 3.79. The second kappa shape index (κ2) is 5.15. The third kappa shape index (κ3) is 2.84.